The van der Waals surface area contributed by atoms with Gasteiger partial charge < -0.3 is 0 Å². The molecule has 1 aromatic heterocycles. The van der Waals surface area contributed by atoms with E-state index in [1.807, 2.05) is 11.8 Å². The Labute approximate surface area is 167 Å². The minimum atomic E-state index is -0.309. The highest BCUT2D eigenvalue weighted by Crippen LogP contribution is 2.26. The van der Waals surface area contributed by atoms with Gasteiger partial charge in [-0.2, -0.15) is 11.8 Å². The predicted octanol–water partition coefficient (Wildman–Crippen LogP) is 6.89. The van der Waals surface area contributed by atoms with E-state index in [1.54, 1.807) is 17.4 Å². The molecule has 0 bridgehead atoms. The molecule has 0 spiro atoms. The Hall–Kier alpha value is -1.36. The fourth-order valence-corrected chi connectivity index (χ4v) is 5.29. The number of thioether (sulfide) groups is 1. The third-order valence-electron chi connectivity index (χ3n) is 4.29. The van der Waals surface area contributed by atoms with Crippen molar-refractivity contribution in [3.8, 4) is 0 Å². The van der Waals surface area contributed by atoms with Crippen LogP contribution < -0.4 is 0 Å². The van der Waals surface area contributed by atoms with E-state index >= 15 is 0 Å². The minimum absolute atomic E-state index is 0.309. The van der Waals surface area contributed by atoms with Gasteiger partial charge in [-0.25, -0.2) is 9.37 Å². The lowest BCUT2D eigenvalue weighted by atomic mass is 10.0. The average Bonchev–Trinajstić information content (AvgIpc) is 3.00. The topological polar surface area (TPSA) is 12.9 Å². The van der Waals surface area contributed by atoms with E-state index < -0.39 is 0 Å². The van der Waals surface area contributed by atoms with Gasteiger partial charge in [0.15, 0.2) is 0 Å². The monoisotopic (exact) mass is 405 g/mol. The van der Waals surface area contributed by atoms with E-state index in [4.69, 9.17) is 16.6 Å². The third-order valence-corrected chi connectivity index (χ3v) is 6.53. The lowest BCUT2D eigenvalue weighted by Gasteiger charge is -2.10. The lowest BCUT2D eigenvalue weighted by molar-refractivity contribution is 0.627. The second-order valence-electron chi connectivity index (χ2n) is 6.52. The molecule has 136 valence electrons. The van der Waals surface area contributed by atoms with Gasteiger partial charge in [0, 0.05) is 28.3 Å². The summed E-state index contributed by atoms with van der Waals surface area (Å²) in [7, 11) is 0. The molecular weight excluding hydrogens is 385 g/mol. The van der Waals surface area contributed by atoms with Gasteiger partial charge in [0.1, 0.15) is 5.82 Å². The van der Waals surface area contributed by atoms with Crippen molar-refractivity contribution < 1.29 is 4.39 Å². The fraction of sp³-hybridized carbons (Fsp3) is 0.286. The van der Waals surface area contributed by atoms with Crippen LogP contribution in [-0.2, 0) is 17.9 Å². The summed E-state index contributed by atoms with van der Waals surface area (Å²) in [6.45, 7) is 6.51. The zero-order chi connectivity index (χ0) is 18.7. The van der Waals surface area contributed by atoms with Crippen molar-refractivity contribution in [3.05, 3.63) is 85.1 Å². The highest BCUT2D eigenvalue weighted by molar-refractivity contribution is 7.97. The Morgan fingerprint density at radius 1 is 1.08 bits per heavy atom. The molecule has 3 aromatic rings. The van der Waals surface area contributed by atoms with Crippen molar-refractivity contribution in [1.82, 2.24) is 4.98 Å². The number of aryl methyl sites for hydroxylation is 3. The van der Waals surface area contributed by atoms with E-state index in [2.05, 4.69) is 38.3 Å². The number of nitrogens with zero attached hydrogens (tertiary/aromatic N) is 1. The standard InChI is InChI=1S/C21H21ClFNS2/c1-13-6-14(2)19(15(3)7-13)12-25-10-18-11-26-21(24-18)8-16-4-5-17(23)9-20(16)22/h4-7,9,11H,8,10,12H2,1-3H3. The largest absolute Gasteiger partial charge is 0.245 e. The average molecular weight is 406 g/mol. The normalized spacial score (nSPS) is 11.1. The maximum Gasteiger partial charge on any atom is 0.124 e. The van der Waals surface area contributed by atoms with Gasteiger partial charge in [-0.05, 0) is 55.2 Å². The van der Waals surface area contributed by atoms with E-state index in [1.165, 1.54) is 34.4 Å². The Kier molecular flexibility index (Phi) is 6.38. The fourth-order valence-electron chi connectivity index (χ4n) is 3.02. The first-order valence-electron chi connectivity index (χ1n) is 8.44. The number of hydrogen-bond donors (Lipinski definition) is 0. The second kappa shape index (κ2) is 8.55. The van der Waals surface area contributed by atoms with Crippen molar-refractivity contribution in [2.75, 3.05) is 0 Å². The number of thiazole rings is 1. The molecule has 26 heavy (non-hydrogen) atoms. The van der Waals surface area contributed by atoms with E-state index in [-0.39, 0.29) is 5.82 Å². The summed E-state index contributed by atoms with van der Waals surface area (Å²) in [5, 5.41) is 3.58. The summed E-state index contributed by atoms with van der Waals surface area (Å²) in [6, 6.07) is 9.02. The van der Waals surface area contributed by atoms with Gasteiger partial charge in [-0.1, -0.05) is 35.4 Å². The van der Waals surface area contributed by atoms with E-state index in [0.717, 1.165) is 27.8 Å². The second-order valence-corrected chi connectivity index (χ2v) is 8.85. The number of hydrogen-bond acceptors (Lipinski definition) is 3. The Morgan fingerprint density at radius 2 is 1.81 bits per heavy atom. The molecule has 0 atom stereocenters. The Bertz CT molecular complexity index is 897. The summed E-state index contributed by atoms with van der Waals surface area (Å²) in [5.74, 6) is 1.58. The molecule has 0 aliphatic rings. The molecule has 1 nitrogen and oxygen atoms in total. The highest BCUT2D eigenvalue weighted by atomic mass is 35.5. The molecular formula is C21H21ClFNS2. The Balaban J connectivity index is 1.59. The van der Waals surface area contributed by atoms with Crippen molar-refractivity contribution in [2.24, 2.45) is 0 Å². The maximum atomic E-state index is 13.1. The molecule has 0 fully saturated rings. The van der Waals surface area contributed by atoms with Crippen LogP contribution in [0.3, 0.4) is 0 Å². The minimum Gasteiger partial charge on any atom is -0.245 e. The first-order valence-corrected chi connectivity index (χ1v) is 10.9. The molecule has 1 heterocycles. The molecule has 0 aliphatic heterocycles. The molecule has 0 radical (unpaired) electrons. The van der Waals surface area contributed by atoms with Crippen molar-refractivity contribution >= 4 is 34.7 Å². The van der Waals surface area contributed by atoms with Gasteiger partial charge in [0.25, 0.3) is 0 Å². The molecule has 3 rings (SSSR count). The molecule has 0 saturated heterocycles. The summed E-state index contributed by atoms with van der Waals surface area (Å²) >= 11 is 9.63. The first kappa shape index (κ1) is 19.4. The SMILES string of the molecule is Cc1cc(C)c(CSCc2csc(Cc3ccc(F)cc3Cl)n2)c(C)c1. The molecule has 0 aliphatic carbocycles. The highest BCUT2D eigenvalue weighted by Gasteiger charge is 2.09. The molecule has 0 saturated carbocycles. The van der Waals surface area contributed by atoms with Crippen LogP contribution in [0.1, 0.15) is 38.5 Å². The smallest absolute Gasteiger partial charge is 0.124 e. The maximum absolute atomic E-state index is 13.1. The van der Waals surface area contributed by atoms with Crippen LogP contribution in [0, 0.1) is 26.6 Å². The lowest BCUT2D eigenvalue weighted by Crippen LogP contribution is -1.94. The summed E-state index contributed by atoms with van der Waals surface area (Å²) in [4.78, 5) is 4.70. The van der Waals surface area contributed by atoms with Crippen LogP contribution in [0.5, 0.6) is 0 Å². The number of rotatable bonds is 6. The van der Waals surface area contributed by atoms with Gasteiger partial charge in [0.2, 0.25) is 0 Å². The van der Waals surface area contributed by atoms with Crippen molar-refractivity contribution in [2.45, 2.75) is 38.7 Å². The van der Waals surface area contributed by atoms with Crippen LogP contribution in [0.25, 0.3) is 0 Å². The number of benzene rings is 2. The third kappa shape index (κ3) is 4.87. The summed E-state index contributed by atoms with van der Waals surface area (Å²) in [5.41, 5.74) is 7.47. The van der Waals surface area contributed by atoms with Gasteiger partial charge in [-0.3, -0.25) is 0 Å². The molecule has 2 aromatic carbocycles. The molecule has 5 heteroatoms. The van der Waals surface area contributed by atoms with E-state index in [9.17, 15) is 4.39 Å². The number of halogens is 2. The van der Waals surface area contributed by atoms with Crippen LogP contribution in [0.2, 0.25) is 5.02 Å². The van der Waals surface area contributed by atoms with Crippen LogP contribution in [0.15, 0.2) is 35.7 Å². The van der Waals surface area contributed by atoms with Gasteiger partial charge in [-0.15, -0.1) is 11.3 Å². The summed E-state index contributed by atoms with van der Waals surface area (Å²) < 4.78 is 13.1. The van der Waals surface area contributed by atoms with Gasteiger partial charge >= 0.3 is 0 Å². The van der Waals surface area contributed by atoms with E-state index in [0.29, 0.717) is 11.4 Å². The van der Waals surface area contributed by atoms with Crippen LogP contribution in [0.4, 0.5) is 4.39 Å². The quantitative estimate of drug-likeness (QED) is 0.443. The van der Waals surface area contributed by atoms with Gasteiger partial charge in [0.05, 0.1) is 10.7 Å². The molecule has 0 unspecified atom stereocenters. The first-order chi connectivity index (χ1) is 12.4. The molecule has 0 N–H and O–H groups in total. The van der Waals surface area contributed by atoms with Crippen molar-refractivity contribution in [3.63, 3.8) is 0 Å². The zero-order valence-electron chi connectivity index (χ0n) is 15.1. The number of aromatic nitrogens is 1. The van der Waals surface area contributed by atoms with Crippen molar-refractivity contribution in [1.29, 1.82) is 0 Å². The van der Waals surface area contributed by atoms with Crippen LogP contribution in [-0.4, -0.2) is 4.98 Å². The van der Waals surface area contributed by atoms with Crippen LogP contribution >= 0.6 is 34.7 Å². The molecule has 0 amide bonds. The summed E-state index contributed by atoms with van der Waals surface area (Å²) in [6.07, 6.45) is 0.643. The zero-order valence-corrected chi connectivity index (χ0v) is 17.5. The Morgan fingerprint density at radius 3 is 2.50 bits per heavy atom. The predicted molar refractivity (Wildman–Crippen MR) is 112 cm³/mol.